The number of nitrogens with two attached hydrogens (primary N) is 1. The second-order valence-corrected chi connectivity index (χ2v) is 4.00. The summed E-state index contributed by atoms with van der Waals surface area (Å²) in [5.74, 6) is 4.16. The number of ether oxygens (including phenoxy) is 1. The first-order valence-electron chi connectivity index (χ1n) is 5.64. The van der Waals surface area contributed by atoms with E-state index < -0.39 is 24.3 Å². The summed E-state index contributed by atoms with van der Waals surface area (Å²) in [7, 11) is 0. The lowest BCUT2D eigenvalue weighted by atomic mass is 10.3. The summed E-state index contributed by atoms with van der Waals surface area (Å²) in [6, 6.07) is 0. The van der Waals surface area contributed by atoms with E-state index in [0.29, 0.717) is 0 Å². The number of nitrogen functional groups attached to an aromatic ring is 1. The summed E-state index contributed by atoms with van der Waals surface area (Å²) >= 11 is 0. The summed E-state index contributed by atoms with van der Waals surface area (Å²) in [5, 5.41) is 0. The van der Waals surface area contributed by atoms with Crippen LogP contribution in [0.25, 0.3) is 0 Å². The lowest BCUT2D eigenvalue weighted by molar-refractivity contribution is -0.300. The van der Waals surface area contributed by atoms with Gasteiger partial charge in [0.15, 0.2) is 0 Å². The Kier molecular flexibility index (Phi) is 4.87. The van der Waals surface area contributed by atoms with Crippen LogP contribution in [0.5, 0.6) is 5.88 Å². The van der Waals surface area contributed by atoms with Gasteiger partial charge < -0.3 is 10.2 Å². The minimum Gasteiger partial charge on any atom is -0.454 e. The van der Waals surface area contributed by atoms with Gasteiger partial charge in [-0.15, -0.1) is 0 Å². The Morgan fingerprint density at radius 3 is 2.05 bits per heavy atom. The van der Waals surface area contributed by atoms with E-state index >= 15 is 0 Å². The van der Waals surface area contributed by atoms with Crippen LogP contribution in [0, 0.1) is 6.92 Å². The van der Waals surface area contributed by atoms with E-state index in [-0.39, 0.29) is 23.6 Å². The molecule has 0 aliphatic heterocycles. The Morgan fingerprint density at radius 1 is 1.14 bits per heavy atom. The molecular formula is C10H12F6N4O. The van der Waals surface area contributed by atoms with Crippen molar-refractivity contribution in [2.75, 3.05) is 5.43 Å². The van der Waals surface area contributed by atoms with E-state index in [1.165, 1.54) is 6.92 Å². The van der Waals surface area contributed by atoms with Gasteiger partial charge in [0.05, 0.1) is 5.56 Å². The second kappa shape index (κ2) is 5.92. The van der Waals surface area contributed by atoms with E-state index in [4.69, 9.17) is 5.84 Å². The van der Waals surface area contributed by atoms with Gasteiger partial charge in [-0.1, -0.05) is 6.92 Å². The predicted octanol–water partition coefficient (Wildman–Crippen LogP) is 2.51. The maximum absolute atomic E-state index is 12.5. The fraction of sp³-hybridized carbons (Fsp3) is 0.600. The van der Waals surface area contributed by atoms with Gasteiger partial charge >= 0.3 is 12.4 Å². The summed E-state index contributed by atoms with van der Waals surface area (Å²) in [4.78, 5) is 7.35. The van der Waals surface area contributed by atoms with Crippen LogP contribution in [-0.2, 0) is 6.42 Å². The third-order valence-electron chi connectivity index (χ3n) is 2.42. The van der Waals surface area contributed by atoms with E-state index in [2.05, 4.69) is 20.1 Å². The molecule has 1 aromatic rings. The number of nitrogens with zero attached hydrogens (tertiary/aromatic N) is 2. The molecule has 1 rings (SSSR count). The van der Waals surface area contributed by atoms with Crippen LogP contribution in [0.2, 0.25) is 0 Å². The quantitative estimate of drug-likeness (QED) is 0.507. The van der Waals surface area contributed by atoms with Gasteiger partial charge in [-0.05, 0) is 6.92 Å². The summed E-state index contributed by atoms with van der Waals surface area (Å²) in [5.41, 5.74) is 1.91. The number of hydrogen-bond acceptors (Lipinski definition) is 5. The molecule has 0 spiro atoms. The Bertz CT molecular complexity index is 488. The average Bonchev–Trinajstić information content (AvgIpc) is 2.34. The number of anilines is 1. The van der Waals surface area contributed by atoms with Crippen LogP contribution in [0.15, 0.2) is 0 Å². The van der Waals surface area contributed by atoms with Crippen molar-refractivity contribution in [2.24, 2.45) is 5.84 Å². The molecule has 0 fully saturated rings. The zero-order valence-corrected chi connectivity index (χ0v) is 10.9. The van der Waals surface area contributed by atoms with E-state index in [1.54, 1.807) is 6.92 Å². The second-order valence-electron chi connectivity index (χ2n) is 4.00. The zero-order chi connectivity index (χ0) is 16.4. The van der Waals surface area contributed by atoms with Gasteiger partial charge in [0.25, 0.3) is 6.10 Å². The third-order valence-corrected chi connectivity index (χ3v) is 2.42. The van der Waals surface area contributed by atoms with Crippen molar-refractivity contribution < 1.29 is 31.1 Å². The first-order chi connectivity index (χ1) is 9.50. The number of halogens is 6. The smallest absolute Gasteiger partial charge is 0.434 e. The monoisotopic (exact) mass is 318 g/mol. The van der Waals surface area contributed by atoms with Crippen molar-refractivity contribution in [3.05, 3.63) is 11.4 Å². The summed E-state index contributed by atoms with van der Waals surface area (Å²) in [6.07, 6.45) is -15.1. The van der Waals surface area contributed by atoms with Crippen LogP contribution in [0.4, 0.5) is 32.2 Å². The minimum absolute atomic E-state index is 0.00773. The Balaban J connectivity index is 3.27. The molecule has 1 aromatic heterocycles. The van der Waals surface area contributed by atoms with Gasteiger partial charge in [0, 0.05) is 6.42 Å². The Labute approximate surface area is 115 Å². The minimum atomic E-state index is -5.63. The fourth-order valence-corrected chi connectivity index (χ4v) is 1.38. The number of rotatable bonds is 4. The highest BCUT2D eigenvalue weighted by atomic mass is 19.4. The van der Waals surface area contributed by atoms with Gasteiger partial charge in [-0.3, -0.25) is 0 Å². The van der Waals surface area contributed by atoms with E-state index in [9.17, 15) is 26.3 Å². The molecular weight excluding hydrogens is 306 g/mol. The number of nitrogens with one attached hydrogen (secondary N) is 1. The molecule has 0 unspecified atom stereocenters. The van der Waals surface area contributed by atoms with Gasteiger partial charge in [-0.2, -0.15) is 31.3 Å². The number of hydrogen-bond donors (Lipinski definition) is 2. The van der Waals surface area contributed by atoms with Crippen molar-refractivity contribution >= 4 is 5.82 Å². The Morgan fingerprint density at radius 2 is 1.67 bits per heavy atom. The molecule has 0 aliphatic rings. The lowest BCUT2D eigenvalue weighted by Crippen LogP contribution is -2.47. The first-order valence-corrected chi connectivity index (χ1v) is 5.64. The maximum Gasteiger partial charge on any atom is 0.434 e. The molecule has 0 bridgehead atoms. The molecule has 120 valence electrons. The van der Waals surface area contributed by atoms with Gasteiger partial charge in [0.1, 0.15) is 11.6 Å². The van der Waals surface area contributed by atoms with Crippen LogP contribution < -0.4 is 16.0 Å². The largest absolute Gasteiger partial charge is 0.454 e. The molecule has 0 aromatic carbocycles. The fourth-order valence-electron chi connectivity index (χ4n) is 1.38. The molecule has 0 saturated heterocycles. The van der Waals surface area contributed by atoms with Crippen molar-refractivity contribution in [3.63, 3.8) is 0 Å². The summed E-state index contributed by atoms with van der Waals surface area (Å²) < 4.78 is 78.9. The SMILES string of the molecule is CCc1nc(NN)c(C)c(OC(C(F)(F)F)C(F)(F)F)n1. The van der Waals surface area contributed by atoms with Crippen molar-refractivity contribution in [3.8, 4) is 5.88 Å². The van der Waals surface area contributed by atoms with Crippen LogP contribution >= 0.6 is 0 Å². The van der Waals surface area contributed by atoms with Crippen molar-refractivity contribution in [1.29, 1.82) is 0 Å². The molecule has 1 heterocycles. The molecule has 3 N–H and O–H groups in total. The number of aryl methyl sites for hydroxylation is 1. The highest BCUT2D eigenvalue weighted by Gasteiger charge is 2.59. The van der Waals surface area contributed by atoms with Crippen molar-refractivity contribution in [2.45, 2.75) is 38.7 Å². The number of alkyl halides is 6. The standard InChI is InChI=1S/C10H12F6N4O/c1-3-5-18-6(20-17)4(2)7(19-5)21-8(9(11,12)13)10(14,15)16/h8H,3,17H2,1-2H3,(H,18,19,20). The van der Waals surface area contributed by atoms with E-state index in [1.807, 2.05) is 0 Å². The predicted molar refractivity (Wildman–Crippen MR) is 60.5 cm³/mol. The Hall–Kier alpha value is -1.78. The molecule has 0 radical (unpaired) electrons. The molecule has 5 nitrogen and oxygen atoms in total. The first kappa shape index (κ1) is 17.3. The third kappa shape index (κ3) is 4.09. The number of hydrazine groups is 1. The highest BCUT2D eigenvalue weighted by Crippen LogP contribution is 2.37. The molecule has 11 heteroatoms. The normalized spacial score (nSPS) is 12.7. The van der Waals surface area contributed by atoms with Gasteiger partial charge in [0.2, 0.25) is 5.88 Å². The van der Waals surface area contributed by atoms with Crippen LogP contribution in [0.3, 0.4) is 0 Å². The number of aromatic nitrogens is 2. The van der Waals surface area contributed by atoms with Crippen molar-refractivity contribution in [1.82, 2.24) is 9.97 Å². The molecule has 0 saturated carbocycles. The van der Waals surface area contributed by atoms with Crippen LogP contribution in [0.1, 0.15) is 18.3 Å². The van der Waals surface area contributed by atoms with Gasteiger partial charge in [-0.25, -0.2) is 10.8 Å². The molecule has 0 aliphatic carbocycles. The zero-order valence-electron chi connectivity index (χ0n) is 10.9. The maximum atomic E-state index is 12.5. The highest BCUT2D eigenvalue weighted by molar-refractivity contribution is 5.47. The lowest BCUT2D eigenvalue weighted by Gasteiger charge is -2.24. The topological polar surface area (TPSA) is 73.1 Å². The van der Waals surface area contributed by atoms with E-state index in [0.717, 1.165) is 0 Å². The summed E-state index contributed by atoms with van der Waals surface area (Å²) in [6.45, 7) is 2.76. The molecule has 0 atom stereocenters. The molecule has 0 amide bonds. The van der Waals surface area contributed by atoms with Crippen LogP contribution in [-0.4, -0.2) is 28.4 Å². The molecule has 21 heavy (non-hydrogen) atoms. The average molecular weight is 318 g/mol.